The first-order chi connectivity index (χ1) is 29.6. The summed E-state index contributed by atoms with van der Waals surface area (Å²) in [6, 6.07) is 0. The van der Waals surface area contributed by atoms with Crippen LogP contribution in [-0.4, -0.2) is 63.3 Å². The molecule has 0 aliphatic rings. The van der Waals surface area contributed by atoms with Crippen molar-refractivity contribution in [1.82, 2.24) is 0 Å². The molecular formula is C53H106NO6P. The molecule has 3 atom stereocenters. The van der Waals surface area contributed by atoms with Gasteiger partial charge in [-0.15, -0.1) is 0 Å². The third-order valence-corrected chi connectivity index (χ3v) is 14.7. The van der Waals surface area contributed by atoms with E-state index in [0.29, 0.717) is 19.4 Å². The van der Waals surface area contributed by atoms with Crippen LogP contribution in [-0.2, 0) is 23.4 Å². The van der Waals surface area contributed by atoms with E-state index in [1.807, 2.05) is 28.1 Å². The molecule has 0 aliphatic heterocycles. The van der Waals surface area contributed by atoms with E-state index in [4.69, 9.17) is 14.0 Å². The number of carbonyl (C=O) groups excluding carboxylic acids is 1. The van der Waals surface area contributed by atoms with Crippen molar-refractivity contribution in [3.05, 3.63) is 12.2 Å². The minimum absolute atomic E-state index is 0.152. The summed E-state index contributed by atoms with van der Waals surface area (Å²) in [6.45, 7) is 6.96. The van der Waals surface area contributed by atoms with Crippen molar-refractivity contribution < 1.29 is 32.7 Å². The first kappa shape index (κ1) is 60.3. The van der Waals surface area contributed by atoms with Gasteiger partial charge in [0, 0.05) is 19.4 Å². The van der Waals surface area contributed by atoms with Crippen molar-refractivity contribution in [2.75, 3.05) is 41.0 Å². The van der Waals surface area contributed by atoms with Gasteiger partial charge in [0.1, 0.15) is 6.10 Å². The Hall–Kier alpha value is -0.720. The summed E-state index contributed by atoms with van der Waals surface area (Å²) in [5, 5.41) is 0. The number of unbranched alkanes of at least 4 members (excludes halogenated alkanes) is 34. The standard InChI is InChI=1S/C53H106NO6P/c1-7-10-12-14-16-18-20-22-24-26-28-30-32-34-36-38-40-42-44-46-48-58-49-51(50-59-61(56,57)52(9-3)54(4,5)6)60-53(55)47-45-43-41-39-37-35-33-31-29-27-25-23-21-19-17-15-13-11-8-2/h29,31,51-52H,7-28,30,32-50H2,1-6H3/b31-29-/t51-,52?/m1/s1. The molecular weight excluding hydrogens is 778 g/mol. The van der Waals surface area contributed by atoms with Crippen LogP contribution in [0.2, 0.25) is 0 Å². The average molecular weight is 884 g/mol. The van der Waals surface area contributed by atoms with Gasteiger partial charge in [-0.05, 0) is 38.5 Å². The predicted molar refractivity (Wildman–Crippen MR) is 262 cm³/mol. The van der Waals surface area contributed by atoms with Crippen LogP contribution < -0.4 is 4.89 Å². The van der Waals surface area contributed by atoms with Crippen molar-refractivity contribution in [3.63, 3.8) is 0 Å². The second-order valence-corrected chi connectivity index (χ2v) is 21.4. The molecule has 0 rings (SSSR count). The zero-order chi connectivity index (χ0) is 45.0. The van der Waals surface area contributed by atoms with Crippen LogP contribution in [0.25, 0.3) is 0 Å². The number of hydrogen-bond donors (Lipinski definition) is 0. The number of hydrogen-bond acceptors (Lipinski definition) is 6. The maximum atomic E-state index is 13.1. The lowest BCUT2D eigenvalue weighted by molar-refractivity contribution is -0.884. The molecule has 0 bridgehead atoms. The summed E-state index contributed by atoms with van der Waals surface area (Å²) in [4.78, 5) is 26.0. The monoisotopic (exact) mass is 884 g/mol. The van der Waals surface area contributed by atoms with E-state index in [-0.39, 0.29) is 23.7 Å². The third kappa shape index (κ3) is 41.7. The lowest BCUT2D eigenvalue weighted by Crippen LogP contribution is -2.47. The molecule has 0 aromatic rings. The first-order valence-electron chi connectivity index (χ1n) is 26.8. The van der Waals surface area contributed by atoms with Gasteiger partial charge in [-0.3, -0.25) is 4.79 Å². The minimum atomic E-state index is -4.19. The summed E-state index contributed by atoms with van der Waals surface area (Å²) in [5.41, 5.74) is 0. The Morgan fingerprint density at radius 3 is 1.21 bits per heavy atom. The first-order valence-corrected chi connectivity index (χ1v) is 28.4. The fraction of sp³-hybridized carbons (Fsp3) is 0.943. The van der Waals surface area contributed by atoms with Gasteiger partial charge in [0.05, 0.1) is 34.4 Å². The maximum Gasteiger partial charge on any atom is 0.306 e. The summed E-state index contributed by atoms with van der Waals surface area (Å²) >= 11 is 0. The van der Waals surface area contributed by atoms with Crippen LogP contribution in [0.1, 0.15) is 271 Å². The lowest BCUT2D eigenvalue weighted by atomic mass is 10.0. The van der Waals surface area contributed by atoms with Gasteiger partial charge in [-0.2, -0.15) is 0 Å². The van der Waals surface area contributed by atoms with Crippen LogP contribution in [0.15, 0.2) is 12.2 Å². The van der Waals surface area contributed by atoms with Gasteiger partial charge < -0.3 is 27.9 Å². The molecule has 0 aromatic carbocycles. The second kappa shape index (κ2) is 44.5. The largest absolute Gasteiger partial charge is 0.774 e. The summed E-state index contributed by atoms with van der Waals surface area (Å²) in [7, 11) is 1.39. The van der Waals surface area contributed by atoms with Gasteiger partial charge in [0.2, 0.25) is 0 Å². The van der Waals surface area contributed by atoms with Gasteiger partial charge in [0.15, 0.2) is 13.4 Å². The molecule has 0 spiro atoms. The Balaban J connectivity index is 4.17. The van der Waals surface area contributed by atoms with E-state index in [2.05, 4.69) is 26.0 Å². The van der Waals surface area contributed by atoms with Gasteiger partial charge in [-0.1, -0.05) is 232 Å². The zero-order valence-corrected chi connectivity index (χ0v) is 42.7. The Morgan fingerprint density at radius 1 is 0.508 bits per heavy atom. The normalized spacial score (nSPS) is 14.1. The van der Waals surface area contributed by atoms with E-state index in [1.165, 1.54) is 205 Å². The van der Waals surface area contributed by atoms with Crippen LogP contribution in [0.3, 0.4) is 0 Å². The molecule has 2 unspecified atom stereocenters. The SMILES string of the molecule is CCCCCCCCCCC/C=C\CCCCCCCCC(=O)O[C@H](COCCCCCCCCCCCCCCCCCCCCCC)COP(=O)([O-])C(CC)[N+](C)(C)C. The summed E-state index contributed by atoms with van der Waals surface area (Å²) < 4.78 is 30.6. The molecule has 0 saturated carbocycles. The molecule has 0 N–H and O–H groups in total. The number of rotatable bonds is 49. The molecule has 0 aromatic heterocycles. The van der Waals surface area contributed by atoms with Crippen LogP contribution in [0.5, 0.6) is 0 Å². The quantitative estimate of drug-likeness (QED) is 0.0199. The van der Waals surface area contributed by atoms with E-state index in [1.54, 1.807) is 0 Å². The van der Waals surface area contributed by atoms with Crippen molar-refractivity contribution in [1.29, 1.82) is 0 Å². The molecule has 0 aliphatic carbocycles. The van der Waals surface area contributed by atoms with Gasteiger partial charge >= 0.3 is 5.97 Å². The summed E-state index contributed by atoms with van der Waals surface area (Å²) in [5.74, 6) is -0.966. The molecule has 8 heteroatoms. The highest BCUT2D eigenvalue weighted by Crippen LogP contribution is 2.47. The van der Waals surface area contributed by atoms with E-state index < -0.39 is 19.5 Å². The highest BCUT2D eigenvalue weighted by Gasteiger charge is 2.34. The number of quaternary nitrogens is 1. The van der Waals surface area contributed by atoms with E-state index >= 15 is 0 Å². The Labute approximate surface area is 381 Å². The van der Waals surface area contributed by atoms with Crippen LogP contribution in [0.4, 0.5) is 0 Å². The Kier molecular flexibility index (Phi) is 44.0. The Bertz CT molecular complexity index is 1000. The van der Waals surface area contributed by atoms with Crippen molar-refractivity contribution in [2.45, 2.75) is 283 Å². The predicted octanol–water partition coefficient (Wildman–Crippen LogP) is 16.3. The smallest absolute Gasteiger partial charge is 0.306 e. The van der Waals surface area contributed by atoms with Crippen LogP contribution >= 0.6 is 7.60 Å². The fourth-order valence-corrected chi connectivity index (χ4v) is 10.4. The number of carbonyl (C=O) groups is 1. The van der Waals surface area contributed by atoms with Gasteiger partial charge in [-0.25, -0.2) is 0 Å². The van der Waals surface area contributed by atoms with Gasteiger partial charge in [0.25, 0.3) is 0 Å². The zero-order valence-electron chi connectivity index (χ0n) is 41.9. The topological polar surface area (TPSA) is 84.9 Å². The molecule has 0 radical (unpaired) electrons. The molecule has 0 saturated heterocycles. The highest BCUT2D eigenvalue weighted by molar-refractivity contribution is 7.51. The maximum absolute atomic E-state index is 13.1. The molecule has 364 valence electrons. The van der Waals surface area contributed by atoms with Crippen LogP contribution in [0, 0.1) is 0 Å². The molecule has 0 amide bonds. The lowest BCUT2D eigenvalue weighted by Gasteiger charge is -2.41. The molecule has 7 nitrogen and oxygen atoms in total. The minimum Gasteiger partial charge on any atom is -0.774 e. The molecule has 61 heavy (non-hydrogen) atoms. The second-order valence-electron chi connectivity index (χ2n) is 19.5. The third-order valence-electron chi connectivity index (χ3n) is 12.5. The molecule has 0 fully saturated rings. The van der Waals surface area contributed by atoms with Crippen molar-refractivity contribution >= 4 is 13.6 Å². The number of allylic oxidation sites excluding steroid dienone is 2. The number of ether oxygens (including phenoxy) is 2. The highest BCUT2D eigenvalue weighted by atomic mass is 31.2. The van der Waals surface area contributed by atoms with Crippen molar-refractivity contribution in [3.8, 4) is 0 Å². The Morgan fingerprint density at radius 2 is 0.852 bits per heavy atom. The number of esters is 1. The van der Waals surface area contributed by atoms with E-state index in [9.17, 15) is 14.3 Å². The van der Waals surface area contributed by atoms with E-state index in [0.717, 1.165) is 32.1 Å². The fourth-order valence-electron chi connectivity index (χ4n) is 8.55. The average Bonchev–Trinajstić information content (AvgIpc) is 3.22. The van der Waals surface area contributed by atoms with Crippen molar-refractivity contribution in [2.24, 2.45) is 0 Å². The number of nitrogens with zero attached hydrogens (tertiary/aromatic N) is 1. The molecule has 0 heterocycles. The summed E-state index contributed by atoms with van der Waals surface area (Å²) in [6.07, 6.45) is 53.1.